The third-order valence-electron chi connectivity index (χ3n) is 1.62. The van der Waals surface area contributed by atoms with Gasteiger partial charge in [0.25, 0.3) is 0 Å². The van der Waals surface area contributed by atoms with Gasteiger partial charge in [0, 0.05) is 0 Å². The van der Waals surface area contributed by atoms with Crippen molar-refractivity contribution in [1.82, 2.24) is 0 Å². The number of methoxy groups -OCH3 is 1. The Morgan fingerprint density at radius 1 is 1.38 bits per heavy atom. The monoisotopic (exact) mass is 176 g/mol. The molecule has 0 fully saturated rings. The van der Waals surface area contributed by atoms with Crippen LogP contribution in [0.5, 0.6) is 0 Å². The van der Waals surface area contributed by atoms with E-state index in [1.165, 1.54) is 7.11 Å². The third kappa shape index (κ3) is 3.56. The number of rotatable bonds is 3. The first kappa shape index (κ1) is 9.52. The maximum absolute atomic E-state index is 10.7. The Morgan fingerprint density at radius 2 is 2.08 bits per heavy atom. The van der Waals surface area contributed by atoms with Crippen molar-refractivity contribution in [2.45, 2.75) is 6.42 Å². The summed E-state index contributed by atoms with van der Waals surface area (Å²) < 4.78 is 4.50. The van der Waals surface area contributed by atoms with Gasteiger partial charge in [-0.05, 0) is 5.56 Å². The summed E-state index contributed by atoms with van der Waals surface area (Å²) in [6, 6.07) is 9.83. The van der Waals surface area contributed by atoms with Crippen molar-refractivity contribution in [1.29, 1.82) is 0 Å². The molecule has 0 radical (unpaired) electrons. The summed E-state index contributed by atoms with van der Waals surface area (Å²) in [6.07, 6.45) is 4.02. The normalized spacial score (nSPS) is 10.2. The van der Waals surface area contributed by atoms with E-state index in [4.69, 9.17) is 0 Å². The molecule has 0 amide bonds. The fourth-order valence-electron chi connectivity index (χ4n) is 0.939. The van der Waals surface area contributed by atoms with Gasteiger partial charge in [-0.3, -0.25) is 4.79 Å². The molecule has 0 heterocycles. The highest BCUT2D eigenvalue weighted by Gasteiger charge is 1.93. The second-order valence-electron chi connectivity index (χ2n) is 2.59. The second-order valence-corrected chi connectivity index (χ2v) is 2.59. The zero-order valence-corrected chi connectivity index (χ0v) is 7.57. The molecule has 0 spiro atoms. The molecule has 0 N–H and O–H groups in total. The van der Waals surface area contributed by atoms with Gasteiger partial charge < -0.3 is 4.74 Å². The topological polar surface area (TPSA) is 26.3 Å². The van der Waals surface area contributed by atoms with Crippen LogP contribution in [-0.2, 0) is 9.53 Å². The lowest BCUT2D eigenvalue weighted by Crippen LogP contribution is -1.96. The highest BCUT2D eigenvalue weighted by molar-refractivity contribution is 5.72. The van der Waals surface area contributed by atoms with Crippen LogP contribution in [0.2, 0.25) is 0 Å². The summed E-state index contributed by atoms with van der Waals surface area (Å²) in [5.74, 6) is -0.216. The molecule has 2 nitrogen and oxygen atoms in total. The Morgan fingerprint density at radius 3 is 2.69 bits per heavy atom. The maximum atomic E-state index is 10.7. The first-order valence-corrected chi connectivity index (χ1v) is 4.11. The number of carbonyl (C=O) groups excluding carboxylic acids is 1. The van der Waals surface area contributed by atoms with Gasteiger partial charge in [0.05, 0.1) is 13.5 Å². The highest BCUT2D eigenvalue weighted by atomic mass is 16.5. The SMILES string of the molecule is COC(=O)C/C=C\c1ccccc1. The van der Waals surface area contributed by atoms with Crippen LogP contribution in [0.25, 0.3) is 6.08 Å². The van der Waals surface area contributed by atoms with Gasteiger partial charge in [-0.15, -0.1) is 0 Å². The van der Waals surface area contributed by atoms with Crippen LogP contribution < -0.4 is 0 Å². The van der Waals surface area contributed by atoms with Gasteiger partial charge in [-0.25, -0.2) is 0 Å². The minimum Gasteiger partial charge on any atom is -0.469 e. The van der Waals surface area contributed by atoms with E-state index in [-0.39, 0.29) is 5.97 Å². The molecule has 0 aromatic heterocycles. The standard InChI is InChI=1S/C11H12O2/c1-13-11(12)9-5-8-10-6-3-2-4-7-10/h2-8H,9H2,1H3/b8-5-. The van der Waals surface area contributed by atoms with Gasteiger partial charge in [0.15, 0.2) is 0 Å². The number of ether oxygens (including phenoxy) is 1. The van der Waals surface area contributed by atoms with Crippen LogP contribution in [0.1, 0.15) is 12.0 Å². The highest BCUT2D eigenvalue weighted by Crippen LogP contribution is 2.01. The number of carbonyl (C=O) groups is 1. The predicted octanol–water partition coefficient (Wildman–Crippen LogP) is 2.26. The largest absolute Gasteiger partial charge is 0.469 e. The Labute approximate surface area is 77.8 Å². The van der Waals surface area contributed by atoms with E-state index in [1.54, 1.807) is 6.08 Å². The van der Waals surface area contributed by atoms with Crippen LogP contribution in [0.15, 0.2) is 36.4 Å². The Hall–Kier alpha value is -1.57. The lowest BCUT2D eigenvalue weighted by atomic mass is 10.2. The van der Waals surface area contributed by atoms with E-state index < -0.39 is 0 Å². The van der Waals surface area contributed by atoms with Crippen molar-refractivity contribution in [3.05, 3.63) is 42.0 Å². The molecule has 0 unspecified atom stereocenters. The average molecular weight is 176 g/mol. The van der Waals surface area contributed by atoms with Crippen molar-refractivity contribution in [3.8, 4) is 0 Å². The number of benzene rings is 1. The lowest BCUT2D eigenvalue weighted by Gasteiger charge is -1.92. The Balaban J connectivity index is 2.45. The summed E-state index contributed by atoms with van der Waals surface area (Å²) in [6.45, 7) is 0. The summed E-state index contributed by atoms with van der Waals surface area (Å²) in [7, 11) is 1.39. The lowest BCUT2D eigenvalue weighted by molar-refractivity contribution is -0.139. The number of hydrogen-bond acceptors (Lipinski definition) is 2. The van der Waals surface area contributed by atoms with E-state index >= 15 is 0 Å². The van der Waals surface area contributed by atoms with Crippen molar-refractivity contribution in [2.24, 2.45) is 0 Å². The smallest absolute Gasteiger partial charge is 0.309 e. The molecular weight excluding hydrogens is 164 g/mol. The zero-order chi connectivity index (χ0) is 9.52. The molecule has 0 aliphatic carbocycles. The molecule has 0 aliphatic rings. The summed E-state index contributed by atoms with van der Waals surface area (Å²) in [5, 5.41) is 0. The van der Waals surface area contributed by atoms with Gasteiger partial charge >= 0.3 is 5.97 Å². The molecule has 13 heavy (non-hydrogen) atoms. The van der Waals surface area contributed by atoms with E-state index in [0.29, 0.717) is 6.42 Å². The molecule has 1 rings (SSSR count). The third-order valence-corrected chi connectivity index (χ3v) is 1.62. The van der Waals surface area contributed by atoms with E-state index in [9.17, 15) is 4.79 Å². The molecule has 2 heteroatoms. The summed E-state index contributed by atoms with van der Waals surface area (Å²) in [4.78, 5) is 10.7. The summed E-state index contributed by atoms with van der Waals surface area (Å²) >= 11 is 0. The van der Waals surface area contributed by atoms with Gasteiger partial charge in [0.1, 0.15) is 0 Å². The van der Waals surface area contributed by atoms with E-state index in [2.05, 4.69) is 4.74 Å². The Bertz CT molecular complexity index is 288. The van der Waals surface area contributed by atoms with Crippen LogP contribution >= 0.6 is 0 Å². The van der Waals surface area contributed by atoms with Crippen LogP contribution in [-0.4, -0.2) is 13.1 Å². The molecule has 0 saturated carbocycles. The molecule has 0 bridgehead atoms. The van der Waals surface area contributed by atoms with Gasteiger partial charge in [-0.1, -0.05) is 42.5 Å². The molecule has 68 valence electrons. The quantitative estimate of drug-likeness (QED) is 0.660. The molecular formula is C11H12O2. The molecule has 0 saturated heterocycles. The Kier molecular flexibility index (Phi) is 3.76. The number of esters is 1. The predicted molar refractivity (Wildman–Crippen MR) is 52.1 cm³/mol. The van der Waals surface area contributed by atoms with Crippen molar-refractivity contribution in [2.75, 3.05) is 7.11 Å². The molecule has 0 aliphatic heterocycles. The second kappa shape index (κ2) is 5.14. The van der Waals surface area contributed by atoms with Crippen molar-refractivity contribution < 1.29 is 9.53 Å². The van der Waals surface area contributed by atoms with Crippen molar-refractivity contribution in [3.63, 3.8) is 0 Å². The molecule has 0 atom stereocenters. The van der Waals surface area contributed by atoms with Gasteiger partial charge in [0.2, 0.25) is 0 Å². The minimum atomic E-state index is -0.216. The average Bonchev–Trinajstić information content (AvgIpc) is 2.19. The fourth-order valence-corrected chi connectivity index (χ4v) is 0.939. The first-order chi connectivity index (χ1) is 6.33. The van der Waals surface area contributed by atoms with Crippen LogP contribution in [0.3, 0.4) is 0 Å². The number of hydrogen-bond donors (Lipinski definition) is 0. The fraction of sp³-hybridized carbons (Fsp3) is 0.182. The van der Waals surface area contributed by atoms with Crippen LogP contribution in [0.4, 0.5) is 0 Å². The van der Waals surface area contributed by atoms with Crippen molar-refractivity contribution >= 4 is 12.0 Å². The van der Waals surface area contributed by atoms with Gasteiger partial charge in [-0.2, -0.15) is 0 Å². The maximum Gasteiger partial charge on any atom is 0.309 e. The van der Waals surface area contributed by atoms with E-state index in [1.807, 2.05) is 36.4 Å². The minimum absolute atomic E-state index is 0.216. The summed E-state index contributed by atoms with van der Waals surface area (Å²) in [5.41, 5.74) is 1.09. The first-order valence-electron chi connectivity index (χ1n) is 4.11. The molecule has 1 aromatic rings. The van der Waals surface area contributed by atoms with E-state index in [0.717, 1.165) is 5.56 Å². The van der Waals surface area contributed by atoms with Crippen LogP contribution in [0, 0.1) is 0 Å². The molecule has 1 aromatic carbocycles. The zero-order valence-electron chi connectivity index (χ0n) is 7.57.